The van der Waals surface area contributed by atoms with Crippen LogP contribution in [-0.4, -0.2) is 122 Å². The van der Waals surface area contributed by atoms with Crippen molar-refractivity contribution in [3.8, 4) is 0 Å². The molecule has 424 valence electrons. The van der Waals surface area contributed by atoms with E-state index >= 15 is 0 Å². The van der Waals surface area contributed by atoms with Crippen molar-refractivity contribution < 1.29 is 66.1 Å². The smallest absolute Gasteiger partial charge is 0.338 e. The summed E-state index contributed by atoms with van der Waals surface area (Å²) in [6.45, 7) is 7.12. The quantitative estimate of drug-likeness (QED) is 0.0471. The van der Waals surface area contributed by atoms with E-state index in [-0.39, 0.29) is 38.1 Å². The molecule has 3 heterocycles. The Hall–Kier alpha value is -5.47. The third kappa shape index (κ3) is 12.3. The summed E-state index contributed by atoms with van der Waals surface area (Å²) in [4.78, 5) is 13.8. The summed E-state index contributed by atoms with van der Waals surface area (Å²) in [5.41, 5.74) is 3.14. The Balaban J connectivity index is 1.05. The lowest BCUT2D eigenvalue weighted by atomic mass is 9.83. The van der Waals surface area contributed by atoms with Gasteiger partial charge in [0.1, 0.15) is 55.4 Å². The van der Waals surface area contributed by atoms with Crippen LogP contribution in [0.4, 0.5) is 0 Å². The van der Waals surface area contributed by atoms with Crippen LogP contribution in [0.15, 0.2) is 182 Å². The van der Waals surface area contributed by atoms with Gasteiger partial charge in [0.25, 0.3) is 8.32 Å². The molecule has 10 rings (SSSR count). The lowest BCUT2D eigenvalue weighted by Gasteiger charge is -2.61. The van der Waals surface area contributed by atoms with Gasteiger partial charge in [0, 0.05) is 34.2 Å². The highest BCUT2D eigenvalue weighted by atomic mass is 28.4. The van der Waals surface area contributed by atoms with E-state index in [0.717, 1.165) is 39.9 Å². The highest BCUT2D eigenvalue weighted by Gasteiger charge is 2.68. The molecule has 6 aromatic rings. The number of ether oxygens (including phenoxy) is 12. The van der Waals surface area contributed by atoms with Gasteiger partial charge in [-0.1, -0.05) is 191 Å². The van der Waals surface area contributed by atoms with E-state index in [1.807, 2.05) is 109 Å². The van der Waals surface area contributed by atoms with Crippen molar-refractivity contribution in [2.45, 2.75) is 144 Å². The van der Waals surface area contributed by atoms with E-state index in [2.05, 4.69) is 69.3 Å². The van der Waals surface area contributed by atoms with Gasteiger partial charge >= 0.3 is 5.97 Å². The minimum absolute atomic E-state index is 0.0948. The van der Waals surface area contributed by atoms with Gasteiger partial charge in [0.15, 0.2) is 12.6 Å². The second kappa shape index (κ2) is 26.2. The zero-order chi connectivity index (χ0) is 55.6. The molecule has 1 saturated carbocycles. The van der Waals surface area contributed by atoms with E-state index in [1.54, 1.807) is 45.6 Å². The lowest BCUT2D eigenvalue weighted by Crippen LogP contribution is -2.76. The maximum atomic E-state index is 13.8. The first-order valence-electron chi connectivity index (χ1n) is 27.9. The van der Waals surface area contributed by atoms with Gasteiger partial charge in [-0.3, -0.25) is 0 Å². The molecule has 0 radical (unpaired) electrons. The van der Waals surface area contributed by atoms with Gasteiger partial charge in [-0.25, -0.2) is 4.79 Å². The molecule has 12 atom stereocenters. The van der Waals surface area contributed by atoms with Crippen molar-refractivity contribution in [1.82, 2.24) is 0 Å². The van der Waals surface area contributed by atoms with Crippen molar-refractivity contribution in [2.75, 3.05) is 34.5 Å². The molecule has 3 aliphatic heterocycles. The zero-order valence-corrected chi connectivity index (χ0v) is 47.7. The Morgan fingerprint density at radius 3 is 1.43 bits per heavy atom. The Morgan fingerprint density at radius 1 is 0.512 bits per heavy atom. The molecule has 14 nitrogen and oxygen atoms in total. The molecule has 0 amide bonds. The fourth-order valence-corrected chi connectivity index (χ4v) is 16.6. The molecule has 0 N–H and O–H groups in total. The maximum Gasteiger partial charge on any atom is 0.338 e. The summed E-state index contributed by atoms with van der Waals surface area (Å²) in [6, 6.07) is 59.4. The molecule has 0 bridgehead atoms. The Labute approximate surface area is 471 Å². The molecular weight excluding hydrogens is 1030 g/mol. The molecule has 3 saturated heterocycles. The summed E-state index contributed by atoms with van der Waals surface area (Å²) in [7, 11) is 1.71. The number of hydrogen-bond acceptors (Lipinski definition) is 14. The molecule has 0 aromatic heterocycles. The van der Waals surface area contributed by atoms with Crippen molar-refractivity contribution in [3.05, 3.63) is 204 Å². The maximum absolute atomic E-state index is 13.8. The number of carbonyl (C=O) groups is 1. The summed E-state index contributed by atoms with van der Waals surface area (Å²) in [6.07, 6.45) is -7.12. The van der Waals surface area contributed by atoms with E-state index in [1.165, 1.54) is 0 Å². The zero-order valence-electron chi connectivity index (χ0n) is 46.7. The van der Waals surface area contributed by atoms with Gasteiger partial charge in [-0.15, -0.1) is 0 Å². The molecule has 4 fully saturated rings. The number of fused-ring (bicyclic) bond motifs is 2. The highest BCUT2D eigenvalue weighted by Crippen LogP contribution is 2.52. The summed E-state index contributed by atoms with van der Waals surface area (Å²) in [5, 5.41) is 1.89. The van der Waals surface area contributed by atoms with Crippen LogP contribution >= 0.6 is 0 Å². The van der Waals surface area contributed by atoms with Crippen LogP contribution in [0.5, 0.6) is 0 Å². The second-order valence-corrected chi connectivity index (χ2v) is 26.2. The molecule has 0 spiro atoms. The minimum atomic E-state index is -3.13. The summed E-state index contributed by atoms with van der Waals surface area (Å²) < 4.78 is 90.7. The molecular formula is C65H76O14Si. The predicted molar refractivity (Wildman–Crippen MR) is 302 cm³/mol. The third-order valence-electron chi connectivity index (χ3n) is 16.0. The average Bonchev–Trinajstić information content (AvgIpc) is 3.66. The summed E-state index contributed by atoms with van der Waals surface area (Å²) in [5.74, 6) is -3.20. The number of methoxy groups -OCH3 is 3. The van der Waals surface area contributed by atoms with Gasteiger partial charge in [-0.05, 0) is 57.1 Å². The van der Waals surface area contributed by atoms with Crippen LogP contribution < -0.4 is 10.4 Å². The van der Waals surface area contributed by atoms with Crippen LogP contribution in [-0.2, 0) is 81.1 Å². The SMILES string of the molecule is CO[C@H]1O[C@H](CO[Si](c2ccccc2)(c2ccccc2)C(C)(C)C)[C@H]2O[C@@]3(OC)CCCC[C@]3(OC)O[C@@H]2[C@@H]1O[C@H]1O[C@H](COC(=O)c2ccccc2)[C@@H](OCc2ccccc2)[C@H](OCc2ccccc2)[C@@H]1OCc1ccccc1. The topological polar surface area (TPSA) is 137 Å². The van der Waals surface area contributed by atoms with Gasteiger partial charge < -0.3 is 61.3 Å². The van der Waals surface area contributed by atoms with Crippen LogP contribution in [0.2, 0.25) is 5.04 Å². The second-order valence-electron chi connectivity index (χ2n) is 21.9. The Morgan fingerprint density at radius 2 is 0.950 bits per heavy atom. The van der Waals surface area contributed by atoms with Gasteiger partial charge in [-0.2, -0.15) is 0 Å². The Kier molecular flexibility index (Phi) is 18.9. The number of benzene rings is 6. The molecule has 1 aliphatic carbocycles. The monoisotopic (exact) mass is 1110 g/mol. The van der Waals surface area contributed by atoms with Gasteiger partial charge in [0.2, 0.25) is 11.6 Å². The lowest BCUT2D eigenvalue weighted by molar-refractivity contribution is -0.502. The number of rotatable bonds is 22. The molecule has 0 unspecified atom stereocenters. The fraction of sp³-hybridized carbons (Fsp3) is 0.431. The third-order valence-corrected chi connectivity index (χ3v) is 21.0. The molecule has 6 aromatic carbocycles. The predicted octanol–water partition coefficient (Wildman–Crippen LogP) is 9.70. The highest BCUT2D eigenvalue weighted by molar-refractivity contribution is 6.99. The Bertz CT molecular complexity index is 2790. The van der Waals surface area contributed by atoms with E-state index < -0.39 is 87.3 Å². The van der Waals surface area contributed by atoms with Crippen molar-refractivity contribution >= 4 is 24.7 Å². The molecule has 80 heavy (non-hydrogen) atoms. The van der Waals surface area contributed by atoms with Crippen molar-refractivity contribution in [3.63, 3.8) is 0 Å². The van der Waals surface area contributed by atoms with Crippen LogP contribution in [0.25, 0.3) is 0 Å². The average molecular weight is 1110 g/mol. The first kappa shape index (κ1) is 57.8. The molecule has 15 heteroatoms. The van der Waals surface area contributed by atoms with Crippen LogP contribution in [0, 0.1) is 0 Å². The van der Waals surface area contributed by atoms with Gasteiger partial charge in [0.05, 0.1) is 32.0 Å². The van der Waals surface area contributed by atoms with Crippen LogP contribution in [0.1, 0.15) is 73.5 Å². The van der Waals surface area contributed by atoms with Crippen molar-refractivity contribution in [1.29, 1.82) is 0 Å². The number of carbonyl (C=O) groups excluding carboxylic acids is 1. The fourth-order valence-electron chi connectivity index (χ4n) is 12.0. The summed E-state index contributed by atoms with van der Waals surface area (Å²) >= 11 is 0. The normalized spacial score (nSPS) is 28.8. The first-order chi connectivity index (χ1) is 39.0. The molecule has 4 aliphatic rings. The van der Waals surface area contributed by atoms with Crippen molar-refractivity contribution in [2.24, 2.45) is 0 Å². The van der Waals surface area contributed by atoms with E-state index in [9.17, 15) is 4.79 Å². The van der Waals surface area contributed by atoms with Crippen LogP contribution in [0.3, 0.4) is 0 Å². The van der Waals surface area contributed by atoms with E-state index in [4.69, 9.17) is 61.3 Å². The standard InChI is InChI=1S/C65H76O14Si/c1-63(2,3)80(50-35-21-11-22-36-50,51-37-23-12-24-38-51)74-45-53-55-57(79-65(69-6)40-26-25-39-64(65,68-5)78-55)59(61(67-4)75-53)77-62-58(72-43-48-31-17-9-18-32-48)56(71-42-47-29-15-8-16-30-47)54(70-41-46-27-13-7-14-28-46)52(76-62)44-73-60(66)49-33-19-10-20-34-49/h7-24,27-38,52-59,61-62H,25-26,39-45H2,1-6H3/t52-,53-,54-,55-,56+,57+,58+,59+,61+,62-,64+,65+/m1/s1. The number of esters is 1. The largest absolute Gasteiger partial charge is 0.459 e. The minimum Gasteiger partial charge on any atom is -0.459 e. The van der Waals surface area contributed by atoms with E-state index in [0.29, 0.717) is 18.4 Å². The number of hydrogen-bond donors (Lipinski definition) is 0. The first-order valence-corrected chi connectivity index (χ1v) is 29.8.